The molecule has 16 heteroatoms. The van der Waals surface area contributed by atoms with Gasteiger partial charge in [0.2, 0.25) is 0 Å². The summed E-state index contributed by atoms with van der Waals surface area (Å²) in [6.45, 7) is 0. The Morgan fingerprint density at radius 3 is 2.28 bits per heavy atom. The molecule has 3 heterocycles. The van der Waals surface area contributed by atoms with Gasteiger partial charge in [-0.15, -0.1) is 0 Å². The first-order valence-electron chi connectivity index (χ1n) is 8.89. The molecule has 1 aliphatic rings. The van der Waals surface area contributed by atoms with Crippen LogP contribution in [0.3, 0.4) is 0 Å². The number of carboxylic acids is 3. The van der Waals surface area contributed by atoms with E-state index in [2.05, 4.69) is 30.9 Å². The van der Waals surface area contributed by atoms with Gasteiger partial charge in [-0.1, -0.05) is 0 Å². The molecule has 0 saturated carbocycles. The summed E-state index contributed by atoms with van der Waals surface area (Å²) in [6, 6.07) is 0. The number of carbonyl (C=O) groups is 3. The highest BCUT2D eigenvalue weighted by molar-refractivity contribution is 9.10. The number of nitrogen functional groups attached to an aromatic ring is 1. The Labute approximate surface area is 186 Å². The number of hydrogen-bond acceptors (Lipinski definition) is 11. The highest BCUT2D eigenvalue weighted by Gasteiger charge is 2.69. The van der Waals surface area contributed by atoms with Crippen molar-refractivity contribution in [3.8, 4) is 0 Å². The van der Waals surface area contributed by atoms with E-state index >= 15 is 0 Å². The molecule has 1 fully saturated rings. The Morgan fingerprint density at radius 1 is 1.12 bits per heavy atom. The molecule has 5 atom stereocenters. The van der Waals surface area contributed by atoms with Crippen LogP contribution >= 0.6 is 15.9 Å². The fraction of sp³-hybridized carbons (Fsp3) is 0.500. The van der Waals surface area contributed by atoms with E-state index in [0.717, 1.165) is 10.9 Å². The van der Waals surface area contributed by atoms with Crippen LogP contribution in [0, 0.1) is 0 Å². The normalized spacial score (nSPS) is 28.6. The average molecular weight is 520 g/mol. The molecular weight excluding hydrogens is 502 g/mol. The van der Waals surface area contributed by atoms with Crippen molar-refractivity contribution in [3.63, 3.8) is 0 Å². The van der Waals surface area contributed by atoms with Crippen LogP contribution in [0.2, 0.25) is 0 Å². The zero-order valence-electron chi connectivity index (χ0n) is 16.0. The van der Waals surface area contributed by atoms with Crippen molar-refractivity contribution in [2.24, 2.45) is 0 Å². The van der Waals surface area contributed by atoms with E-state index in [1.807, 2.05) is 0 Å². The van der Waals surface area contributed by atoms with Crippen LogP contribution in [-0.2, 0) is 19.1 Å². The molecule has 8 N–H and O–H groups in total. The van der Waals surface area contributed by atoms with Crippen molar-refractivity contribution >= 4 is 50.8 Å². The number of aliphatic carboxylic acids is 3. The maximum absolute atomic E-state index is 11.6. The van der Waals surface area contributed by atoms with Gasteiger partial charge in [-0.05, 0) is 15.9 Å². The SMILES string of the molecule is Nc1ncnc2c1nc(Br)n2[C@@H]1O[C@H](C(O)CC(=O)O)[C@](O)(CC(=O)O)[C@]1(O)CC(=O)O. The van der Waals surface area contributed by atoms with E-state index in [4.69, 9.17) is 15.6 Å². The zero-order chi connectivity index (χ0) is 24.0. The van der Waals surface area contributed by atoms with Gasteiger partial charge in [0, 0.05) is 0 Å². The van der Waals surface area contributed by atoms with Crippen LogP contribution in [0.15, 0.2) is 11.1 Å². The molecule has 15 nitrogen and oxygen atoms in total. The summed E-state index contributed by atoms with van der Waals surface area (Å²) in [7, 11) is 0. The van der Waals surface area contributed by atoms with Crippen LogP contribution in [0.25, 0.3) is 11.2 Å². The Balaban J connectivity index is 2.26. The van der Waals surface area contributed by atoms with Crippen molar-refractivity contribution in [1.29, 1.82) is 0 Å². The van der Waals surface area contributed by atoms with Gasteiger partial charge < -0.3 is 41.1 Å². The van der Waals surface area contributed by atoms with Crippen LogP contribution in [0.5, 0.6) is 0 Å². The predicted molar refractivity (Wildman–Crippen MR) is 104 cm³/mol. The highest BCUT2D eigenvalue weighted by atomic mass is 79.9. The molecule has 1 unspecified atom stereocenters. The fourth-order valence-electron chi connectivity index (χ4n) is 3.86. The third-order valence-corrected chi connectivity index (χ3v) is 5.74. The summed E-state index contributed by atoms with van der Waals surface area (Å²) < 4.78 is 6.47. The number of carboxylic acid groups (broad SMARTS) is 3. The number of imidazole rings is 1. The molecule has 174 valence electrons. The number of ether oxygens (including phenoxy) is 1. The molecule has 2 aromatic rings. The van der Waals surface area contributed by atoms with E-state index in [1.54, 1.807) is 0 Å². The van der Waals surface area contributed by atoms with Crippen molar-refractivity contribution in [1.82, 2.24) is 19.5 Å². The lowest BCUT2D eigenvalue weighted by Crippen LogP contribution is -2.62. The molecule has 0 aromatic carbocycles. The highest BCUT2D eigenvalue weighted by Crippen LogP contribution is 2.52. The second-order valence-electron chi connectivity index (χ2n) is 7.25. The predicted octanol–water partition coefficient (Wildman–Crippen LogP) is -1.68. The lowest BCUT2D eigenvalue weighted by molar-refractivity contribution is -0.188. The third-order valence-electron chi connectivity index (χ3n) is 5.18. The number of halogens is 1. The lowest BCUT2D eigenvalue weighted by atomic mass is 9.73. The van der Waals surface area contributed by atoms with Gasteiger partial charge in [0.1, 0.15) is 18.0 Å². The maximum atomic E-state index is 11.6. The van der Waals surface area contributed by atoms with Gasteiger partial charge in [0.05, 0.1) is 25.4 Å². The number of hydrogen-bond donors (Lipinski definition) is 7. The topological polar surface area (TPSA) is 251 Å². The monoisotopic (exact) mass is 519 g/mol. The summed E-state index contributed by atoms with van der Waals surface area (Å²) in [5.74, 6) is -4.92. The minimum absolute atomic E-state index is 0.0111. The molecule has 1 aliphatic heterocycles. The van der Waals surface area contributed by atoms with E-state index in [9.17, 15) is 39.9 Å². The molecule has 3 rings (SSSR count). The Kier molecular flexibility index (Phi) is 6.09. The van der Waals surface area contributed by atoms with Crippen molar-refractivity contribution < 1.29 is 49.8 Å². The van der Waals surface area contributed by atoms with Gasteiger partial charge >= 0.3 is 17.9 Å². The minimum Gasteiger partial charge on any atom is -0.481 e. The number of aliphatic hydroxyl groups is 3. The van der Waals surface area contributed by atoms with E-state index < -0.39 is 66.8 Å². The maximum Gasteiger partial charge on any atom is 0.306 e. The van der Waals surface area contributed by atoms with Crippen LogP contribution in [0.1, 0.15) is 25.5 Å². The van der Waals surface area contributed by atoms with Crippen molar-refractivity contribution in [2.75, 3.05) is 5.73 Å². The van der Waals surface area contributed by atoms with Crippen molar-refractivity contribution in [2.45, 2.75) is 48.9 Å². The quantitative estimate of drug-likeness (QED) is 0.192. The van der Waals surface area contributed by atoms with Gasteiger partial charge in [0.15, 0.2) is 33.5 Å². The smallest absolute Gasteiger partial charge is 0.306 e. The van der Waals surface area contributed by atoms with Crippen LogP contribution < -0.4 is 5.73 Å². The number of nitrogens with zero attached hydrogens (tertiary/aromatic N) is 4. The van der Waals surface area contributed by atoms with Gasteiger partial charge in [0.25, 0.3) is 0 Å². The van der Waals surface area contributed by atoms with Crippen molar-refractivity contribution in [3.05, 3.63) is 11.1 Å². The summed E-state index contributed by atoms with van der Waals surface area (Å²) in [4.78, 5) is 46.0. The fourth-order valence-corrected chi connectivity index (χ4v) is 4.39. The average Bonchev–Trinajstić information content (AvgIpc) is 3.06. The second kappa shape index (κ2) is 8.21. The first-order chi connectivity index (χ1) is 14.8. The second-order valence-corrected chi connectivity index (χ2v) is 7.96. The zero-order valence-corrected chi connectivity index (χ0v) is 17.6. The third kappa shape index (κ3) is 3.75. The minimum atomic E-state index is -2.94. The van der Waals surface area contributed by atoms with E-state index in [-0.39, 0.29) is 21.7 Å². The molecule has 2 aromatic heterocycles. The Hall–Kier alpha value is -2.92. The molecule has 0 amide bonds. The molecule has 0 spiro atoms. The molecule has 32 heavy (non-hydrogen) atoms. The van der Waals surface area contributed by atoms with E-state index in [1.165, 1.54) is 0 Å². The summed E-state index contributed by atoms with van der Waals surface area (Å²) in [6.07, 6.45) is -8.41. The first-order valence-corrected chi connectivity index (χ1v) is 9.68. The number of anilines is 1. The molecular formula is C16H18BrN5O10. The Bertz CT molecular complexity index is 1090. The van der Waals surface area contributed by atoms with Gasteiger partial charge in [-0.3, -0.25) is 19.0 Å². The largest absolute Gasteiger partial charge is 0.481 e. The van der Waals surface area contributed by atoms with E-state index in [0.29, 0.717) is 0 Å². The molecule has 0 bridgehead atoms. The van der Waals surface area contributed by atoms with Gasteiger partial charge in [-0.25, -0.2) is 15.0 Å². The molecule has 0 radical (unpaired) electrons. The molecule has 0 aliphatic carbocycles. The summed E-state index contributed by atoms with van der Waals surface area (Å²) >= 11 is 3.09. The Morgan fingerprint density at radius 2 is 1.72 bits per heavy atom. The van der Waals surface area contributed by atoms with Crippen LogP contribution in [-0.4, -0.2) is 91.5 Å². The summed E-state index contributed by atoms with van der Waals surface area (Å²) in [5.41, 5.74) is -0.142. The first kappa shape index (κ1) is 23.7. The molecule has 1 saturated heterocycles. The van der Waals surface area contributed by atoms with Gasteiger partial charge in [-0.2, -0.15) is 0 Å². The lowest BCUT2D eigenvalue weighted by Gasteiger charge is -2.40. The summed E-state index contributed by atoms with van der Waals surface area (Å²) in [5, 5.41) is 60.9. The number of rotatable bonds is 8. The number of aromatic nitrogens is 4. The number of fused-ring (bicyclic) bond motifs is 1. The standard InChI is InChI=1S/C16H18BrN5O10/c17-14-21-9-11(18)19-4-20-12(9)22(14)13-16(31,3-8(28)29)15(30,2-7(26)27)10(32-13)5(23)1-6(24)25/h4-5,10,13,23,30-31H,1-3H2,(H,24,25)(H,26,27)(H,28,29)(H2,18,19,20)/t5?,10-,13-,15-,16+/m1/s1. The number of nitrogens with two attached hydrogens (primary N) is 1. The van der Waals surface area contributed by atoms with Crippen LogP contribution in [0.4, 0.5) is 5.82 Å². The number of aliphatic hydroxyl groups excluding tert-OH is 1.